The molecule has 1 aromatic carbocycles. The topological polar surface area (TPSA) is 29.3 Å². The largest absolute Gasteiger partial charge is 0.397 e. The molecule has 1 aliphatic rings. The maximum absolute atomic E-state index is 6.12. The van der Waals surface area contributed by atoms with Crippen molar-refractivity contribution in [1.82, 2.24) is 0 Å². The van der Waals surface area contributed by atoms with Gasteiger partial charge in [-0.1, -0.05) is 25.5 Å². The first-order valence-electron chi connectivity index (χ1n) is 6.35. The van der Waals surface area contributed by atoms with Crippen LogP contribution in [0.3, 0.4) is 0 Å². The highest BCUT2D eigenvalue weighted by atomic mass is 15.2. The van der Waals surface area contributed by atoms with E-state index in [-0.39, 0.29) is 0 Å². The molecule has 16 heavy (non-hydrogen) atoms. The van der Waals surface area contributed by atoms with Crippen LogP contribution < -0.4 is 10.6 Å². The predicted molar refractivity (Wildman–Crippen MR) is 70.9 cm³/mol. The molecule has 2 nitrogen and oxygen atoms in total. The third kappa shape index (κ3) is 2.31. The van der Waals surface area contributed by atoms with Crippen molar-refractivity contribution in [3.8, 4) is 0 Å². The molecule has 2 heteroatoms. The van der Waals surface area contributed by atoms with E-state index in [1.807, 2.05) is 12.1 Å². The fourth-order valence-corrected chi connectivity index (χ4v) is 2.27. The summed E-state index contributed by atoms with van der Waals surface area (Å²) < 4.78 is 0. The highest BCUT2D eigenvalue weighted by Crippen LogP contribution is 2.36. The van der Waals surface area contributed by atoms with Crippen LogP contribution in [-0.4, -0.2) is 12.6 Å². The van der Waals surface area contributed by atoms with Gasteiger partial charge in [0.2, 0.25) is 0 Å². The normalized spacial score (nSPS) is 15.1. The second-order valence-corrected chi connectivity index (χ2v) is 4.79. The summed E-state index contributed by atoms with van der Waals surface area (Å²) in [6, 6.07) is 6.96. The van der Waals surface area contributed by atoms with Crippen LogP contribution in [0.15, 0.2) is 18.2 Å². The number of para-hydroxylation sites is 1. The Morgan fingerprint density at radius 1 is 1.38 bits per heavy atom. The highest BCUT2D eigenvalue weighted by molar-refractivity contribution is 5.72. The van der Waals surface area contributed by atoms with Crippen molar-refractivity contribution in [2.24, 2.45) is 0 Å². The molecule has 2 N–H and O–H groups in total. The number of nitrogens with zero attached hydrogens (tertiary/aromatic N) is 1. The summed E-state index contributed by atoms with van der Waals surface area (Å²) in [5.74, 6) is 0. The van der Waals surface area contributed by atoms with E-state index in [2.05, 4.69) is 24.8 Å². The molecule has 2 rings (SSSR count). The van der Waals surface area contributed by atoms with Gasteiger partial charge < -0.3 is 10.6 Å². The van der Waals surface area contributed by atoms with E-state index in [0.29, 0.717) is 0 Å². The van der Waals surface area contributed by atoms with Crippen LogP contribution >= 0.6 is 0 Å². The molecule has 0 aromatic heterocycles. The zero-order valence-corrected chi connectivity index (χ0v) is 10.4. The molecule has 1 saturated carbocycles. The van der Waals surface area contributed by atoms with E-state index < -0.39 is 0 Å². The van der Waals surface area contributed by atoms with Crippen molar-refractivity contribution < 1.29 is 0 Å². The molecule has 0 amide bonds. The van der Waals surface area contributed by atoms with Crippen LogP contribution in [0.1, 0.15) is 38.2 Å². The van der Waals surface area contributed by atoms with Crippen LogP contribution in [0.25, 0.3) is 0 Å². The van der Waals surface area contributed by atoms with Gasteiger partial charge in [-0.25, -0.2) is 0 Å². The van der Waals surface area contributed by atoms with Crippen molar-refractivity contribution in [2.75, 3.05) is 17.2 Å². The Morgan fingerprint density at radius 3 is 2.69 bits per heavy atom. The van der Waals surface area contributed by atoms with Crippen molar-refractivity contribution in [1.29, 1.82) is 0 Å². The quantitative estimate of drug-likeness (QED) is 0.768. The average Bonchev–Trinajstić information content (AvgIpc) is 3.06. The molecule has 0 heterocycles. The molecule has 0 aliphatic heterocycles. The van der Waals surface area contributed by atoms with Crippen molar-refractivity contribution in [3.63, 3.8) is 0 Å². The van der Waals surface area contributed by atoms with Crippen LogP contribution in [0, 0.1) is 6.92 Å². The Kier molecular flexibility index (Phi) is 3.37. The van der Waals surface area contributed by atoms with E-state index in [1.165, 1.54) is 36.9 Å². The second kappa shape index (κ2) is 4.77. The second-order valence-electron chi connectivity index (χ2n) is 4.79. The van der Waals surface area contributed by atoms with E-state index in [1.54, 1.807) is 0 Å². The molecule has 0 saturated heterocycles. The number of nitrogen functional groups attached to an aromatic ring is 1. The van der Waals surface area contributed by atoms with E-state index in [4.69, 9.17) is 5.73 Å². The molecule has 88 valence electrons. The zero-order valence-electron chi connectivity index (χ0n) is 10.4. The van der Waals surface area contributed by atoms with Gasteiger partial charge >= 0.3 is 0 Å². The number of hydrogen-bond donors (Lipinski definition) is 1. The molecule has 0 radical (unpaired) electrons. The number of anilines is 2. The number of nitrogens with two attached hydrogens (primary N) is 1. The third-order valence-electron chi connectivity index (χ3n) is 3.30. The Balaban J connectivity index is 2.23. The lowest BCUT2D eigenvalue weighted by Crippen LogP contribution is -2.28. The first-order chi connectivity index (χ1) is 7.74. The van der Waals surface area contributed by atoms with Gasteiger partial charge in [-0.2, -0.15) is 0 Å². The van der Waals surface area contributed by atoms with Crippen molar-refractivity contribution in [2.45, 2.75) is 45.6 Å². The van der Waals surface area contributed by atoms with Crippen molar-refractivity contribution in [3.05, 3.63) is 23.8 Å². The lowest BCUT2D eigenvalue weighted by molar-refractivity contribution is 0.712. The molecule has 0 spiro atoms. The summed E-state index contributed by atoms with van der Waals surface area (Å²) in [7, 11) is 0. The van der Waals surface area contributed by atoms with Gasteiger partial charge in [0, 0.05) is 12.6 Å². The summed E-state index contributed by atoms with van der Waals surface area (Å²) in [4.78, 5) is 2.52. The lowest BCUT2D eigenvalue weighted by atomic mass is 10.1. The standard InChI is InChI=1S/C14H22N2/c1-3-4-10-16(12-8-9-12)14-11(2)6-5-7-13(14)15/h5-7,12H,3-4,8-10,15H2,1-2H3. The minimum atomic E-state index is 0.745. The minimum Gasteiger partial charge on any atom is -0.397 e. The molecular weight excluding hydrogens is 196 g/mol. The first kappa shape index (κ1) is 11.3. The van der Waals surface area contributed by atoms with E-state index >= 15 is 0 Å². The zero-order chi connectivity index (χ0) is 11.5. The van der Waals surface area contributed by atoms with Crippen molar-refractivity contribution >= 4 is 11.4 Å². The Bertz CT molecular complexity index is 336. The Hall–Kier alpha value is -1.18. The van der Waals surface area contributed by atoms with Gasteiger partial charge in [0.05, 0.1) is 11.4 Å². The summed E-state index contributed by atoms with van der Waals surface area (Å²) >= 11 is 0. The molecule has 0 bridgehead atoms. The molecule has 1 fully saturated rings. The molecule has 0 atom stereocenters. The molecular formula is C14H22N2. The SMILES string of the molecule is CCCCN(c1c(C)cccc1N)C1CC1. The van der Waals surface area contributed by atoms with Crippen LogP contribution in [0.2, 0.25) is 0 Å². The van der Waals surface area contributed by atoms with Gasteiger partial charge in [-0.05, 0) is 37.8 Å². The van der Waals surface area contributed by atoms with Crippen LogP contribution in [0.4, 0.5) is 11.4 Å². The summed E-state index contributed by atoms with van der Waals surface area (Å²) in [5.41, 5.74) is 9.64. The highest BCUT2D eigenvalue weighted by Gasteiger charge is 2.30. The van der Waals surface area contributed by atoms with E-state index in [9.17, 15) is 0 Å². The summed E-state index contributed by atoms with van der Waals surface area (Å²) in [6.07, 6.45) is 5.16. The lowest BCUT2D eigenvalue weighted by Gasteiger charge is -2.27. The average molecular weight is 218 g/mol. The molecule has 0 unspecified atom stereocenters. The van der Waals surface area contributed by atoms with Gasteiger partial charge in [-0.15, -0.1) is 0 Å². The monoisotopic (exact) mass is 218 g/mol. The predicted octanol–water partition coefficient (Wildman–Crippen LogP) is 3.35. The van der Waals surface area contributed by atoms with Gasteiger partial charge in [0.1, 0.15) is 0 Å². The fraction of sp³-hybridized carbons (Fsp3) is 0.571. The molecule has 1 aromatic rings. The van der Waals surface area contributed by atoms with Gasteiger partial charge in [-0.3, -0.25) is 0 Å². The Morgan fingerprint density at radius 2 is 2.12 bits per heavy atom. The fourth-order valence-electron chi connectivity index (χ4n) is 2.27. The number of hydrogen-bond acceptors (Lipinski definition) is 2. The number of rotatable bonds is 5. The van der Waals surface area contributed by atoms with Gasteiger partial charge in [0.15, 0.2) is 0 Å². The minimum absolute atomic E-state index is 0.745. The number of aryl methyl sites for hydroxylation is 1. The maximum Gasteiger partial charge on any atom is 0.0632 e. The molecule has 1 aliphatic carbocycles. The number of benzene rings is 1. The van der Waals surface area contributed by atoms with Gasteiger partial charge in [0.25, 0.3) is 0 Å². The first-order valence-corrected chi connectivity index (χ1v) is 6.35. The van der Waals surface area contributed by atoms with Crippen LogP contribution in [-0.2, 0) is 0 Å². The smallest absolute Gasteiger partial charge is 0.0632 e. The summed E-state index contributed by atoms with van der Waals surface area (Å²) in [6.45, 7) is 5.55. The third-order valence-corrected chi connectivity index (χ3v) is 3.30. The van der Waals surface area contributed by atoms with E-state index in [0.717, 1.165) is 18.3 Å². The summed E-state index contributed by atoms with van der Waals surface area (Å²) in [5, 5.41) is 0. The Labute approximate surface area is 98.4 Å². The maximum atomic E-state index is 6.12. The van der Waals surface area contributed by atoms with Crippen LogP contribution in [0.5, 0.6) is 0 Å². The number of unbranched alkanes of at least 4 members (excludes halogenated alkanes) is 1.